The van der Waals surface area contributed by atoms with E-state index in [-0.39, 0.29) is 6.10 Å². The zero-order valence-electron chi connectivity index (χ0n) is 5.79. The van der Waals surface area contributed by atoms with Gasteiger partial charge in [0, 0.05) is 6.42 Å². The Morgan fingerprint density at radius 2 is 2.33 bits per heavy atom. The highest BCUT2D eigenvalue weighted by atomic mass is 16.5. The van der Waals surface area contributed by atoms with Crippen LogP contribution in [-0.4, -0.2) is 16.8 Å². The van der Waals surface area contributed by atoms with E-state index in [1.165, 1.54) is 0 Å². The number of aliphatic hydroxyl groups is 1. The predicted octanol–water partition coefficient (Wildman–Crippen LogP) is 1.06. The summed E-state index contributed by atoms with van der Waals surface area (Å²) in [6.07, 6.45) is 4.34. The van der Waals surface area contributed by atoms with Crippen molar-refractivity contribution >= 4 is 0 Å². The van der Waals surface area contributed by atoms with Crippen LogP contribution in [0.15, 0.2) is 12.3 Å². The number of rotatable bonds is 1. The van der Waals surface area contributed by atoms with Gasteiger partial charge in [0.25, 0.3) is 0 Å². The van der Waals surface area contributed by atoms with Gasteiger partial charge in [-0.05, 0) is 19.9 Å². The maximum atomic E-state index is 9.35. The molecule has 0 saturated heterocycles. The highest BCUT2D eigenvalue weighted by Gasteiger charge is 2.28. The monoisotopic (exact) mass is 128 g/mol. The normalized spacial score (nSPS) is 26.3. The average Bonchev–Trinajstić information content (AvgIpc) is 2.08. The lowest BCUT2D eigenvalue weighted by molar-refractivity contribution is -0.0430. The second-order valence-electron chi connectivity index (χ2n) is 2.89. The van der Waals surface area contributed by atoms with Gasteiger partial charge in [0.15, 0.2) is 0 Å². The molecule has 1 atom stereocenters. The molecule has 0 spiro atoms. The van der Waals surface area contributed by atoms with E-state index in [0.717, 1.165) is 6.42 Å². The largest absolute Gasteiger partial charge is 0.495 e. The average molecular weight is 128 g/mol. The van der Waals surface area contributed by atoms with Crippen LogP contribution in [-0.2, 0) is 4.74 Å². The molecule has 2 heteroatoms. The summed E-state index contributed by atoms with van der Waals surface area (Å²) in [5.74, 6) is 0. The van der Waals surface area contributed by atoms with E-state index in [1.807, 2.05) is 6.08 Å². The lowest BCUT2D eigenvalue weighted by atomic mass is 10.0. The molecule has 0 fully saturated rings. The molecule has 1 unspecified atom stereocenters. The molecule has 1 N–H and O–H groups in total. The second-order valence-corrected chi connectivity index (χ2v) is 2.89. The van der Waals surface area contributed by atoms with E-state index in [2.05, 4.69) is 0 Å². The van der Waals surface area contributed by atoms with E-state index >= 15 is 0 Å². The number of hydrogen-bond acceptors (Lipinski definition) is 2. The first kappa shape index (κ1) is 6.62. The zero-order chi connectivity index (χ0) is 6.91. The SMILES string of the molecule is CC(C)(O)C1CC=CO1. The summed E-state index contributed by atoms with van der Waals surface area (Å²) in [7, 11) is 0. The van der Waals surface area contributed by atoms with Gasteiger partial charge in [0.1, 0.15) is 6.10 Å². The van der Waals surface area contributed by atoms with Gasteiger partial charge in [0.05, 0.1) is 11.9 Å². The Bertz CT molecular complexity index is 113. The van der Waals surface area contributed by atoms with Crippen molar-refractivity contribution in [1.29, 1.82) is 0 Å². The standard InChI is InChI=1S/C7H12O2/c1-7(2,8)6-4-3-5-9-6/h3,5-6,8H,4H2,1-2H3. The third kappa shape index (κ3) is 1.45. The maximum absolute atomic E-state index is 9.35. The van der Waals surface area contributed by atoms with E-state index in [4.69, 9.17) is 4.74 Å². The summed E-state index contributed by atoms with van der Waals surface area (Å²) < 4.78 is 5.09. The van der Waals surface area contributed by atoms with E-state index in [1.54, 1.807) is 20.1 Å². The molecular formula is C7H12O2. The van der Waals surface area contributed by atoms with E-state index in [0.29, 0.717) is 0 Å². The topological polar surface area (TPSA) is 29.5 Å². The van der Waals surface area contributed by atoms with Crippen molar-refractivity contribution in [3.8, 4) is 0 Å². The van der Waals surface area contributed by atoms with Crippen molar-refractivity contribution in [2.45, 2.75) is 32.0 Å². The molecule has 0 aliphatic carbocycles. The number of hydrogen-bond donors (Lipinski definition) is 1. The van der Waals surface area contributed by atoms with Gasteiger partial charge in [0.2, 0.25) is 0 Å². The summed E-state index contributed by atoms with van der Waals surface area (Å²) in [4.78, 5) is 0. The second kappa shape index (κ2) is 2.03. The first-order valence-corrected chi connectivity index (χ1v) is 3.13. The Balaban J connectivity index is 2.46. The van der Waals surface area contributed by atoms with Gasteiger partial charge < -0.3 is 9.84 Å². The molecule has 0 aromatic heterocycles. The van der Waals surface area contributed by atoms with Crippen LogP contribution in [0.3, 0.4) is 0 Å². The molecule has 0 saturated carbocycles. The molecule has 1 rings (SSSR count). The summed E-state index contributed by atoms with van der Waals surface area (Å²) in [6, 6.07) is 0. The van der Waals surface area contributed by atoms with Crippen molar-refractivity contribution in [2.75, 3.05) is 0 Å². The highest BCUT2D eigenvalue weighted by molar-refractivity contribution is 4.93. The van der Waals surface area contributed by atoms with Gasteiger partial charge >= 0.3 is 0 Å². The van der Waals surface area contributed by atoms with Crippen molar-refractivity contribution < 1.29 is 9.84 Å². The van der Waals surface area contributed by atoms with Crippen molar-refractivity contribution in [3.05, 3.63) is 12.3 Å². The van der Waals surface area contributed by atoms with E-state index in [9.17, 15) is 5.11 Å². The lowest BCUT2D eigenvalue weighted by Gasteiger charge is -2.24. The smallest absolute Gasteiger partial charge is 0.129 e. The van der Waals surface area contributed by atoms with Crippen LogP contribution in [0.1, 0.15) is 20.3 Å². The fraction of sp³-hybridized carbons (Fsp3) is 0.714. The molecule has 2 nitrogen and oxygen atoms in total. The third-order valence-corrected chi connectivity index (χ3v) is 1.48. The molecule has 0 amide bonds. The molecule has 9 heavy (non-hydrogen) atoms. The van der Waals surface area contributed by atoms with Crippen molar-refractivity contribution in [3.63, 3.8) is 0 Å². The Morgan fingerprint density at radius 3 is 2.56 bits per heavy atom. The molecule has 1 heterocycles. The molecule has 52 valence electrons. The summed E-state index contributed by atoms with van der Waals surface area (Å²) in [5.41, 5.74) is -0.705. The van der Waals surface area contributed by atoms with Crippen molar-refractivity contribution in [1.82, 2.24) is 0 Å². The minimum Gasteiger partial charge on any atom is -0.495 e. The summed E-state index contributed by atoms with van der Waals surface area (Å²) in [5, 5.41) is 9.35. The van der Waals surface area contributed by atoms with Crippen LogP contribution in [0.4, 0.5) is 0 Å². The van der Waals surface area contributed by atoms with E-state index < -0.39 is 5.60 Å². The molecule has 0 bridgehead atoms. The number of ether oxygens (including phenoxy) is 1. The fourth-order valence-corrected chi connectivity index (χ4v) is 0.840. The van der Waals surface area contributed by atoms with Gasteiger partial charge in [-0.25, -0.2) is 0 Å². The van der Waals surface area contributed by atoms with Crippen LogP contribution < -0.4 is 0 Å². The van der Waals surface area contributed by atoms with Crippen molar-refractivity contribution in [2.24, 2.45) is 0 Å². The molecular weight excluding hydrogens is 116 g/mol. The molecule has 0 aromatic rings. The first-order chi connectivity index (χ1) is 4.11. The first-order valence-electron chi connectivity index (χ1n) is 3.13. The van der Waals surface area contributed by atoms with Gasteiger partial charge in [-0.3, -0.25) is 0 Å². The summed E-state index contributed by atoms with van der Waals surface area (Å²) in [6.45, 7) is 3.51. The minimum absolute atomic E-state index is 0.0440. The molecule has 0 aromatic carbocycles. The summed E-state index contributed by atoms with van der Waals surface area (Å²) >= 11 is 0. The van der Waals surface area contributed by atoms with Gasteiger partial charge in [-0.15, -0.1) is 0 Å². The molecule has 1 aliphatic heterocycles. The Labute approximate surface area is 55.1 Å². The highest BCUT2D eigenvalue weighted by Crippen LogP contribution is 2.20. The van der Waals surface area contributed by atoms with Crippen LogP contribution in [0.2, 0.25) is 0 Å². The van der Waals surface area contributed by atoms with Crippen LogP contribution >= 0.6 is 0 Å². The third-order valence-electron chi connectivity index (χ3n) is 1.48. The Kier molecular flexibility index (Phi) is 1.49. The van der Waals surface area contributed by atoms with Crippen LogP contribution in [0, 0.1) is 0 Å². The van der Waals surface area contributed by atoms with Crippen LogP contribution in [0.5, 0.6) is 0 Å². The van der Waals surface area contributed by atoms with Gasteiger partial charge in [-0.2, -0.15) is 0 Å². The van der Waals surface area contributed by atoms with Gasteiger partial charge in [-0.1, -0.05) is 0 Å². The Morgan fingerprint density at radius 1 is 1.67 bits per heavy atom. The zero-order valence-corrected chi connectivity index (χ0v) is 5.79. The minimum atomic E-state index is -0.705. The quantitative estimate of drug-likeness (QED) is 0.572. The molecule has 1 aliphatic rings. The predicted molar refractivity (Wildman–Crippen MR) is 34.9 cm³/mol. The fourth-order valence-electron chi connectivity index (χ4n) is 0.840. The molecule has 0 radical (unpaired) electrons. The maximum Gasteiger partial charge on any atom is 0.129 e. The van der Waals surface area contributed by atoms with Crippen LogP contribution in [0.25, 0.3) is 0 Å². The lowest BCUT2D eigenvalue weighted by Crippen LogP contribution is -2.35. The Hall–Kier alpha value is -0.500.